The van der Waals surface area contributed by atoms with E-state index in [1.54, 1.807) is 12.0 Å². The number of allylic oxidation sites excluding steroid dienone is 2. The van der Waals surface area contributed by atoms with Gasteiger partial charge in [0, 0.05) is 33.3 Å². The Morgan fingerprint density at radius 1 is 1.23 bits per heavy atom. The predicted molar refractivity (Wildman–Crippen MR) is 82.6 cm³/mol. The quantitative estimate of drug-likeness (QED) is 0.605. The Morgan fingerprint density at radius 3 is 2.68 bits per heavy atom. The molecule has 0 aromatic heterocycles. The molecule has 0 aromatic carbocycles. The normalized spacial score (nSPS) is 26.7. The second-order valence-corrected chi connectivity index (χ2v) is 6.08. The minimum absolute atomic E-state index is 0.210. The van der Waals surface area contributed by atoms with Gasteiger partial charge in [-0.3, -0.25) is 14.5 Å². The molecule has 1 fully saturated rings. The molecule has 124 valence electrons. The van der Waals surface area contributed by atoms with Gasteiger partial charge in [0.2, 0.25) is 5.91 Å². The molecule has 1 heterocycles. The Labute approximate surface area is 131 Å². The van der Waals surface area contributed by atoms with Gasteiger partial charge in [-0.2, -0.15) is 0 Å². The summed E-state index contributed by atoms with van der Waals surface area (Å²) >= 11 is 0. The Balaban J connectivity index is 2.02. The lowest BCUT2D eigenvalue weighted by Gasteiger charge is -2.34. The van der Waals surface area contributed by atoms with Crippen LogP contribution in [0.1, 0.15) is 25.7 Å². The summed E-state index contributed by atoms with van der Waals surface area (Å²) < 4.78 is 5.09. The van der Waals surface area contributed by atoms with Crippen molar-refractivity contribution in [1.29, 1.82) is 0 Å². The van der Waals surface area contributed by atoms with Crippen molar-refractivity contribution in [2.24, 2.45) is 5.41 Å². The van der Waals surface area contributed by atoms with Crippen LogP contribution < -0.4 is 0 Å². The summed E-state index contributed by atoms with van der Waals surface area (Å²) in [5.41, 5.74) is -1.25. The van der Waals surface area contributed by atoms with Crippen LogP contribution in [0.15, 0.2) is 12.2 Å². The van der Waals surface area contributed by atoms with Crippen molar-refractivity contribution in [3.63, 3.8) is 0 Å². The lowest BCUT2D eigenvalue weighted by Crippen LogP contribution is -2.50. The monoisotopic (exact) mass is 310 g/mol. The number of methoxy groups -OCH3 is 1. The molecular formula is C16H26N2O4. The molecule has 1 N–H and O–H groups in total. The van der Waals surface area contributed by atoms with E-state index in [9.17, 15) is 14.7 Å². The van der Waals surface area contributed by atoms with E-state index in [1.165, 1.54) is 0 Å². The van der Waals surface area contributed by atoms with Crippen LogP contribution in [-0.4, -0.2) is 73.2 Å². The number of carbonyl (C=O) groups excluding carboxylic acids is 1. The first-order valence-corrected chi connectivity index (χ1v) is 7.99. The van der Waals surface area contributed by atoms with Crippen molar-refractivity contribution in [1.82, 2.24) is 9.80 Å². The number of carboxylic acid groups (broad SMARTS) is 1. The highest BCUT2D eigenvalue weighted by molar-refractivity contribution is 6.02. The summed E-state index contributed by atoms with van der Waals surface area (Å²) in [6, 6.07) is 0. The van der Waals surface area contributed by atoms with Crippen molar-refractivity contribution >= 4 is 11.9 Å². The zero-order valence-electron chi connectivity index (χ0n) is 13.3. The highest BCUT2D eigenvalue weighted by Crippen LogP contribution is 2.35. The number of rotatable bonds is 5. The van der Waals surface area contributed by atoms with Crippen LogP contribution in [-0.2, 0) is 14.3 Å². The second-order valence-electron chi connectivity index (χ2n) is 6.08. The number of carbonyl (C=O) groups is 2. The van der Waals surface area contributed by atoms with Crippen LogP contribution in [0.5, 0.6) is 0 Å². The van der Waals surface area contributed by atoms with Crippen LogP contribution in [0.25, 0.3) is 0 Å². The average molecular weight is 310 g/mol. The molecule has 2 rings (SSSR count). The molecule has 1 aliphatic heterocycles. The number of nitrogens with zero attached hydrogens (tertiary/aromatic N) is 2. The second kappa shape index (κ2) is 7.74. The molecule has 1 amide bonds. The van der Waals surface area contributed by atoms with Gasteiger partial charge in [-0.1, -0.05) is 12.2 Å². The summed E-state index contributed by atoms with van der Waals surface area (Å²) in [6.45, 7) is 4.47. The van der Waals surface area contributed by atoms with Crippen LogP contribution >= 0.6 is 0 Å². The molecule has 0 saturated carbocycles. The summed E-state index contributed by atoms with van der Waals surface area (Å²) in [6.07, 6.45) is 6.04. The number of amides is 1. The van der Waals surface area contributed by atoms with Crippen LogP contribution in [0, 0.1) is 5.41 Å². The largest absolute Gasteiger partial charge is 0.480 e. The van der Waals surface area contributed by atoms with E-state index in [-0.39, 0.29) is 5.91 Å². The van der Waals surface area contributed by atoms with Gasteiger partial charge in [0.15, 0.2) is 0 Å². The van der Waals surface area contributed by atoms with E-state index in [4.69, 9.17) is 4.74 Å². The first-order chi connectivity index (χ1) is 10.6. The van der Waals surface area contributed by atoms with Gasteiger partial charge in [-0.25, -0.2) is 0 Å². The van der Waals surface area contributed by atoms with Crippen molar-refractivity contribution in [3.05, 3.63) is 12.2 Å². The fourth-order valence-corrected chi connectivity index (χ4v) is 3.23. The number of hydrogen-bond acceptors (Lipinski definition) is 4. The molecule has 0 spiro atoms. The highest BCUT2D eigenvalue weighted by atomic mass is 16.5. The van der Waals surface area contributed by atoms with Gasteiger partial charge in [-0.05, 0) is 32.2 Å². The molecule has 0 aromatic rings. The van der Waals surface area contributed by atoms with E-state index >= 15 is 0 Å². The van der Waals surface area contributed by atoms with Gasteiger partial charge in [0.05, 0.1) is 6.61 Å². The molecule has 1 saturated heterocycles. The van der Waals surface area contributed by atoms with Crippen LogP contribution in [0.3, 0.4) is 0 Å². The minimum Gasteiger partial charge on any atom is -0.480 e. The van der Waals surface area contributed by atoms with Crippen LogP contribution in [0.4, 0.5) is 0 Å². The first kappa shape index (κ1) is 17.0. The van der Waals surface area contributed by atoms with Gasteiger partial charge in [-0.15, -0.1) is 0 Å². The summed E-state index contributed by atoms with van der Waals surface area (Å²) in [5, 5.41) is 9.62. The van der Waals surface area contributed by atoms with Crippen LogP contribution in [0.2, 0.25) is 0 Å². The Morgan fingerprint density at radius 2 is 2.05 bits per heavy atom. The third-order valence-electron chi connectivity index (χ3n) is 4.68. The molecule has 0 bridgehead atoms. The first-order valence-electron chi connectivity index (χ1n) is 7.99. The van der Waals surface area contributed by atoms with E-state index in [0.717, 1.165) is 26.1 Å². The third kappa shape index (κ3) is 3.67. The third-order valence-corrected chi connectivity index (χ3v) is 4.68. The highest BCUT2D eigenvalue weighted by Gasteiger charge is 2.47. The molecule has 1 aliphatic carbocycles. The molecule has 1 atom stereocenters. The molecule has 1 unspecified atom stereocenters. The van der Waals surface area contributed by atoms with Gasteiger partial charge < -0.3 is 14.7 Å². The molecule has 0 radical (unpaired) electrons. The van der Waals surface area contributed by atoms with Crippen molar-refractivity contribution in [3.8, 4) is 0 Å². The van der Waals surface area contributed by atoms with Crippen molar-refractivity contribution in [2.75, 3.05) is 46.4 Å². The molecule has 6 heteroatoms. The predicted octanol–water partition coefficient (Wildman–Crippen LogP) is 0.978. The van der Waals surface area contributed by atoms with E-state index in [1.807, 2.05) is 12.2 Å². The standard InChI is InChI=1S/C16H26N2O4/c1-22-13-12-17-8-5-9-18(11-10-17)14(19)16(15(20)21)6-3-2-4-7-16/h2-3H,4-13H2,1H3,(H,20,21). The number of ether oxygens (including phenoxy) is 1. The zero-order chi connectivity index (χ0) is 16.0. The topological polar surface area (TPSA) is 70.1 Å². The summed E-state index contributed by atoms with van der Waals surface area (Å²) in [5.74, 6) is -1.19. The maximum atomic E-state index is 12.9. The number of carboxylic acids is 1. The fraction of sp³-hybridized carbons (Fsp3) is 0.750. The van der Waals surface area contributed by atoms with Crippen molar-refractivity contribution < 1.29 is 19.4 Å². The summed E-state index contributed by atoms with van der Waals surface area (Å²) in [4.78, 5) is 28.6. The number of hydrogen-bond donors (Lipinski definition) is 1. The minimum atomic E-state index is -1.25. The smallest absolute Gasteiger partial charge is 0.319 e. The van der Waals surface area contributed by atoms with Gasteiger partial charge in [0.25, 0.3) is 0 Å². The maximum absolute atomic E-state index is 12.9. The zero-order valence-corrected chi connectivity index (χ0v) is 13.3. The van der Waals surface area contributed by atoms with Gasteiger partial charge in [0.1, 0.15) is 5.41 Å². The SMILES string of the molecule is COCCN1CCCN(C(=O)C2(C(=O)O)CC=CCC2)CC1. The Hall–Kier alpha value is -1.40. The van der Waals surface area contributed by atoms with Crippen molar-refractivity contribution in [2.45, 2.75) is 25.7 Å². The van der Waals surface area contributed by atoms with Gasteiger partial charge >= 0.3 is 5.97 Å². The molecular weight excluding hydrogens is 284 g/mol. The van der Waals surface area contributed by atoms with E-state index in [0.29, 0.717) is 39.0 Å². The molecule has 6 nitrogen and oxygen atoms in total. The Kier molecular flexibility index (Phi) is 5.97. The molecule has 2 aliphatic rings. The maximum Gasteiger partial charge on any atom is 0.319 e. The lowest BCUT2D eigenvalue weighted by molar-refractivity contribution is -0.161. The Bertz CT molecular complexity index is 438. The summed E-state index contributed by atoms with van der Waals surface area (Å²) in [7, 11) is 1.68. The number of aliphatic carboxylic acids is 1. The molecule has 22 heavy (non-hydrogen) atoms. The fourth-order valence-electron chi connectivity index (χ4n) is 3.23. The van der Waals surface area contributed by atoms with E-state index < -0.39 is 11.4 Å². The lowest BCUT2D eigenvalue weighted by atomic mass is 9.75. The van der Waals surface area contributed by atoms with E-state index in [2.05, 4.69) is 4.90 Å². The average Bonchev–Trinajstić information content (AvgIpc) is 2.78.